The van der Waals surface area contributed by atoms with Crippen LogP contribution in [-0.4, -0.2) is 70.5 Å². The molecule has 4 aromatic rings. The largest absolute Gasteiger partial charge is 0.492 e. The van der Waals surface area contributed by atoms with Gasteiger partial charge in [-0.25, -0.2) is 9.48 Å². The zero-order valence-electron chi connectivity index (χ0n) is 23.3. The Hall–Kier alpha value is -4.22. The summed E-state index contributed by atoms with van der Waals surface area (Å²) < 4.78 is 18.3. The summed E-state index contributed by atoms with van der Waals surface area (Å²) in [6.07, 6.45) is 1.88. The smallest absolute Gasteiger partial charge is 0.324 e. The molecule has 5 rings (SSSR count). The molecule has 1 aliphatic rings. The number of ether oxygens (including phenoxy) is 2. The predicted octanol–water partition coefficient (Wildman–Crippen LogP) is 4.88. The summed E-state index contributed by atoms with van der Waals surface area (Å²) in [6.45, 7) is 13.0. The summed E-state index contributed by atoms with van der Waals surface area (Å²) in [5.41, 5.74) is 3.94. The van der Waals surface area contributed by atoms with Crippen molar-refractivity contribution < 1.29 is 18.8 Å². The van der Waals surface area contributed by atoms with Crippen LogP contribution in [0, 0.1) is 6.92 Å². The van der Waals surface area contributed by atoms with Crippen molar-refractivity contribution in [3.8, 4) is 22.7 Å². The molecule has 0 spiro atoms. The van der Waals surface area contributed by atoms with Crippen molar-refractivity contribution >= 4 is 17.5 Å². The van der Waals surface area contributed by atoms with Crippen LogP contribution in [0.2, 0.25) is 0 Å². The molecule has 0 atom stereocenters. The Kier molecular flexibility index (Phi) is 8.13. The minimum Gasteiger partial charge on any atom is -0.492 e. The second-order valence-electron chi connectivity index (χ2n) is 10.8. The Morgan fingerprint density at radius 3 is 2.52 bits per heavy atom. The number of carbonyl (C=O) groups is 1. The first-order valence-corrected chi connectivity index (χ1v) is 13.4. The number of hydrogen-bond donors (Lipinski definition) is 2. The molecule has 1 saturated heterocycles. The van der Waals surface area contributed by atoms with E-state index in [2.05, 4.69) is 31.0 Å². The summed E-state index contributed by atoms with van der Waals surface area (Å²) in [6, 6.07) is 14.8. The van der Waals surface area contributed by atoms with Gasteiger partial charge in [-0.05, 0) is 48.9 Å². The second kappa shape index (κ2) is 11.9. The Balaban J connectivity index is 1.16. The van der Waals surface area contributed by atoms with Gasteiger partial charge >= 0.3 is 6.03 Å². The Bertz CT molecular complexity index is 1430. The first-order chi connectivity index (χ1) is 19.2. The Labute approximate surface area is 233 Å². The van der Waals surface area contributed by atoms with Crippen LogP contribution in [0.25, 0.3) is 16.9 Å². The standard InChI is InChI=1S/C29H35N7O4/c1-20-17-21(30-28(37)31-27-18-26(40-33-27)29(2,3)4)5-10-24(20)25-19-36(34-32-25)22-6-8-23(9-7-22)39-16-13-35-11-14-38-15-12-35/h5-10,17-19H,11-16H2,1-4H3,(H2,30,31,33,37). The zero-order chi connectivity index (χ0) is 28.1. The van der Waals surface area contributed by atoms with Crippen molar-refractivity contribution in [3.63, 3.8) is 0 Å². The molecule has 0 saturated carbocycles. The lowest BCUT2D eigenvalue weighted by atomic mass is 9.93. The molecule has 2 amide bonds. The summed E-state index contributed by atoms with van der Waals surface area (Å²) in [4.78, 5) is 14.8. The van der Waals surface area contributed by atoms with Crippen molar-refractivity contribution in [2.45, 2.75) is 33.1 Å². The quantitative estimate of drug-likeness (QED) is 0.321. The highest BCUT2D eigenvalue weighted by molar-refractivity contribution is 5.99. The Morgan fingerprint density at radius 2 is 1.82 bits per heavy atom. The SMILES string of the molecule is Cc1cc(NC(=O)Nc2cc(C(C)(C)C)on2)ccc1-c1cn(-c2ccc(OCCN3CCOCC3)cc2)nn1. The van der Waals surface area contributed by atoms with Crippen LogP contribution in [0.4, 0.5) is 16.3 Å². The van der Waals surface area contributed by atoms with Crippen molar-refractivity contribution in [3.05, 3.63) is 66.1 Å². The van der Waals surface area contributed by atoms with Gasteiger partial charge in [0.05, 0.1) is 25.1 Å². The molecule has 0 aliphatic carbocycles. The highest BCUT2D eigenvalue weighted by Gasteiger charge is 2.20. The van der Waals surface area contributed by atoms with Crippen molar-refractivity contribution in [2.24, 2.45) is 0 Å². The molecule has 0 unspecified atom stereocenters. The van der Waals surface area contributed by atoms with Gasteiger partial charge in [0.25, 0.3) is 0 Å². The number of aromatic nitrogens is 4. The molecule has 0 radical (unpaired) electrons. The van der Waals surface area contributed by atoms with E-state index in [-0.39, 0.29) is 5.41 Å². The first-order valence-electron chi connectivity index (χ1n) is 13.4. The molecule has 11 nitrogen and oxygen atoms in total. The topological polar surface area (TPSA) is 120 Å². The molecule has 0 bridgehead atoms. The van der Waals surface area contributed by atoms with Crippen molar-refractivity contribution in [1.29, 1.82) is 0 Å². The molecular formula is C29H35N7O4. The second-order valence-corrected chi connectivity index (χ2v) is 10.8. The maximum atomic E-state index is 12.5. The van der Waals surface area contributed by atoms with E-state index in [1.54, 1.807) is 10.7 Å². The maximum absolute atomic E-state index is 12.5. The van der Waals surface area contributed by atoms with E-state index in [9.17, 15) is 4.79 Å². The lowest BCUT2D eigenvalue weighted by Crippen LogP contribution is -2.38. The van der Waals surface area contributed by atoms with Crippen LogP contribution in [0.15, 0.2) is 59.3 Å². The number of urea groups is 1. The van der Waals surface area contributed by atoms with Crippen LogP contribution in [0.1, 0.15) is 32.1 Å². The molecule has 2 aromatic carbocycles. The van der Waals surface area contributed by atoms with Crippen LogP contribution >= 0.6 is 0 Å². The van der Waals surface area contributed by atoms with E-state index in [0.29, 0.717) is 23.9 Å². The van der Waals surface area contributed by atoms with E-state index < -0.39 is 6.03 Å². The summed E-state index contributed by atoms with van der Waals surface area (Å²) in [7, 11) is 0. The fraction of sp³-hybridized carbons (Fsp3) is 0.379. The van der Waals surface area contributed by atoms with E-state index >= 15 is 0 Å². The van der Waals surface area contributed by atoms with Crippen molar-refractivity contribution in [2.75, 3.05) is 50.1 Å². The first kappa shape index (κ1) is 27.4. The van der Waals surface area contributed by atoms with Crippen LogP contribution in [0.3, 0.4) is 0 Å². The van der Waals surface area contributed by atoms with E-state index in [1.807, 2.05) is 76.4 Å². The van der Waals surface area contributed by atoms with Gasteiger partial charge in [0.1, 0.15) is 23.8 Å². The van der Waals surface area contributed by atoms with Crippen LogP contribution < -0.4 is 15.4 Å². The molecule has 40 heavy (non-hydrogen) atoms. The van der Waals surface area contributed by atoms with Crippen LogP contribution in [0.5, 0.6) is 5.75 Å². The molecule has 210 valence electrons. The minimum atomic E-state index is -0.402. The molecular weight excluding hydrogens is 510 g/mol. The van der Waals surface area contributed by atoms with E-state index in [1.165, 1.54) is 0 Å². The molecule has 1 aliphatic heterocycles. The third-order valence-corrected chi connectivity index (χ3v) is 6.63. The number of hydrogen-bond acceptors (Lipinski definition) is 8. The number of rotatable bonds is 8. The fourth-order valence-electron chi connectivity index (χ4n) is 4.32. The lowest BCUT2D eigenvalue weighted by molar-refractivity contribution is 0.0322. The lowest BCUT2D eigenvalue weighted by Gasteiger charge is -2.26. The van der Waals surface area contributed by atoms with E-state index in [4.69, 9.17) is 14.0 Å². The van der Waals surface area contributed by atoms with Gasteiger partial charge in [-0.3, -0.25) is 10.2 Å². The highest BCUT2D eigenvalue weighted by atomic mass is 16.5. The average molecular weight is 546 g/mol. The number of benzene rings is 2. The summed E-state index contributed by atoms with van der Waals surface area (Å²) in [5, 5.41) is 18.1. The number of morpholine rings is 1. The molecule has 3 heterocycles. The van der Waals surface area contributed by atoms with Crippen LogP contribution in [-0.2, 0) is 10.2 Å². The third kappa shape index (κ3) is 6.85. The van der Waals surface area contributed by atoms with Gasteiger partial charge in [0.2, 0.25) is 0 Å². The molecule has 2 aromatic heterocycles. The van der Waals surface area contributed by atoms with Gasteiger partial charge in [-0.15, -0.1) is 5.10 Å². The molecule has 11 heteroatoms. The minimum absolute atomic E-state index is 0.195. The van der Waals surface area contributed by atoms with Gasteiger partial charge in [-0.2, -0.15) is 0 Å². The predicted molar refractivity (Wildman–Crippen MR) is 152 cm³/mol. The monoisotopic (exact) mass is 545 g/mol. The number of nitrogens with one attached hydrogen (secondary N) is 2. The number of nitrogens with zero attached hydrogens (tertiary/aromatic N) is 5. The van der Waals surface area contributed by atoms with Gasteiger partial charge in [0.15, 0.2) is 5.82 Å². The zero-order valence-corrected chi connectivity index (χ0v) is 23.3. The fourth-order valence-corrected chi connectivity index (χ4v) is 4.32. The summed E-state index contributed by atoms with van der Waals surface area (Å²) in [5.74, 6) is 1.87. The summed E-state index contributed by atoms with van der Waals surface area (Å²) >= 11 is 0. The number of anilines is 2. The highest BCUT2D eigenvalue weighted by Crippen LogP contribution is 2.26. The number of amides is 2. The van der Waals surface area contributed by atoms with Gasteiger partial charge in [-0.1, -0.05) is 37.2 Å². The third-order valence-electron chi connectivity index (χ3n) is 6.63. The van der Waals surface area contributed by atoms with Crippen molar-refractivity contribution in [1.82, 2.24) is 25.1 Å². The maximum Gasteiger partial charge on any atom is 0.324 e. The van der Waals surface area contributed by atoms with E-state index in [0.717, 1.165) is 61.1 Å². The normalized spacial score (nSPS) is 14.2. The number of carbonyl (C=O) groups excluding carboxylic acids is 1. The number of aryl methyl sites for hydroxylation is 1. The average Bonchev–Trinajstić information content (AvgIpc) is 3.60. The molecule has 2 N–H and O–H groups in total. The van der Waals surface area contributed by atoms with Gasteiger partial charge in [0, 0.05) is 42.4 Å². The Morgan fingerprint density at radius 1 is 1.05 bits per heavy atom. The van der Waals surface area contributed by atoms with Gasteiger partial charge < -0.3 is 19.3 Å². The molecule has 1 fully saturated rings.